The molecule has 1 saturated heterocycles. The van der Waals surface area contributed by atoms with E-state index in [4.69, 9.17) is 10.7 Å². The number of anilines is 2. The number of amides is 2. The van der Waals surface area contributed by atoms with Crippen molar-refractivity contribution in [3.63, 3.8) is 0 Å². The number of nitrogens with two attached hydrogens (primary N) is 1. The first-order chi connectivity index (χ1) is 15.0. The maximum absolute atomic E-state index is 12.2. The summed E-state index contributed by atoms with van der Waals surface area (Å²) in [5, 5.41) is 5.28. The molecule has 2 amide bonds. The number of halogens is 1. The van der Waals surface area contributed by atoms with Crippen LogP contribution in [0.1, 0.15) is 18.2 Å². The Balaban J connectivity index is 1.27. The number of hydrogen-bond donors (Lipinski definition) is 3. The van der Waals surface area contributed by atoms with E-state index in [9.17, 15) is 9.59 Å². The second-order valence-electron chi connectivity index (χ2n) is 7.77. The molecule has 0 bridgehead atoms. The van der Waals surface area contributed by atoms with Crippen molar-refractivity contribution in [2.45, 2.75) is 12.3 Å². The lowest BCUT2D eigenvalue weighted by atomic mass is 10.2. The Hall–Kier alpha value is -2.57. The fraction of sp³-hybridized carbons (Fsp3) is 0.421. The van der Waals surface area contributed by atoms with Crippen LogP contribution in [0.25, 0.3) is 11.2 Å². The number of thiazole rings is 1. The number of hydrogen-bond acceptors (Lipinski definition) is 8. The summed E-state index contributed by atoms with van der Waals surface area (Å²) in [5.74, 6) is 0.331. The number of carbonyl (C=O) groups is 2. The summed E-state index contributed by atoms with van der Waals surface area (Å²) in [6.07, 6.45) is 4.17. The number of nitrogens with one attached hydrogen (secondary N) is 2. The standard InChI is InChI=1S/C19H21BrN8O2S/c20-12-8-23-18-14(25-17(26-18)11-7-10(11)16(21)30)15(12)28-4-2-27(3-5-28)9-13(29)24-19-22-1-6-31-19/h1,6,8,10-11H,2-5,7,9H2,(H2,21,30)(H,22,24,29)(H,23,25,26). The molecule has 1 aliphatic carbocycles. The highest BCUT2D eigenvalue weighted by Gasteiger charge is 2.45. The topological polar surface area (TPSA) is 133 Å². The maximum Gasteiger partial charge on any atom is 0.240 e. The van der Waals surface area contributed by atoms with Gasteiger partial charge in [0, 0.05) is 55.8 Å². The van der Waals surface area contributed by atoms with E-state index in [1.165, 1.54) is 11.3 Å². The zero-order chi connectivity index (χ0) is 21.5. The molecule has 4 N–H and O–H groups in total. The number of piperazine rings is 1. The third-order valence-corrected chi connectivity index (χ3v) is 6.97. The Morgan fingerprint density at radius 3 is 2.77 bits per heavy atom. The van der Waals surface area contributed by atoms with Gasteiger partial charge in [0.1, 0.15) is 11.3 Å². The Morgan fingerprint density at radius 2 is 2.10 bits per heavy atom. The first kappa shape index (κ1) is 20.3. The van der Waals surface area contributed by atoms with Gasteiger partial charge in [-0.1, -0.05) is 0 Å². The summed E-state index contributed by atoms with van der Waals surface area (Å²) in [6, 6.07) is 0. The van der Waals surface area contributed by atoms with Gasteiger partial charge < -0.3 is 20.9 Å². The normalized spacial score (nSPS) is 21.4. The van der Waals surface area contributed by atoms with Crippen LogP contribution in [-0.4, -0.2) is 69.4 Å². The average molecular weight is 505 g/mol. The number of H-pyrrole nitrogens is 1. The monoisotopic (exact) mass is 504 g/mol. The maximum atomic E-state index is 12.2. The zero-order valence-electron chi connectivity index (χ0n) is 16.5. The summed E-state index contributed by atoms with van der Waals surface area (Å²) < 4.78 is 0.871. The van der Waals surface area contributed by atoms with Gasteiger partial charge in [-0.05, 0) is 22.4 Å². The lowest BCUT2D eigenvalue weighted by Gasteiger charge is -2.36. The Morgan fingerprint density at radius 1 is 1.29 bits per heavy atom. The van der Waals surface area contributed by atoms with Crippen molar-refractivity contribution in [2.24, 2.45) is 11.7 Å². The number of nitrogens with zero attached hydrogens (tertiary/aromatic N) is 5. The number of carbonyl (C=O) groups excluding carboxylic acids is 2. The quantitative estimate of drug-likeness (QED) is 0.463. The molecule has 12 heteroatoms. The Kier molecular flexibility index (Phi) is 5.36. The van der Waals surface area contributed by atoms with E-state index >= 15 is 0 Å². The number of imidazole rings is 1. The minimum Gasteiger partial charge on any atom is -0.369 e. The van der Waals surface area contributed by atoms with Crippen molar-refractivity contribution in [1.29, 1.82) is 0 Å². The molecule has 5 rings (SSSR count). The van der Waals surface area contributed by atoms with Crippen LogP contribution in [-0.2, 0) is 9.59 Å². The van der Waals surface area contributed by atoms with Gasteiger partial charge in [0.15, 0.2) is 10.8 Å². The highest BCUT2D eigenvalue weighted by Crippen LogP contribution is 2.47. The van der Waals surface area contributed by atoms with Crippen LogP contribution in [0.15, 0.2) is 22.2 Å². The van der Waals surface area contributed by atoms with E-state index in [2.05, 4.69) is 46.0 Å². The van der Waals surface area contributed by atoms with Crippen molar-refractivity contribution in [3.05, 3.63) is 28.1 Å². The molecule has 31 heavy (non-hydrogen) atoms. The van der Waals surface area contributed by atoms with Crippen molar-refractivity contribution in [2.75, 3.05) is 42.9 Å². The summed E-state index contributed by atoms with van der Waals surface area (Å²) >= 11 is 5.03. The van der Waals surface area contributed by atoms with E-state index in [1.807, 2.05) is 5.38 Å². The molecule has 2 unspecified atom stereocenters. The molecule has 2 fully saturated rings. The largest absolute Gasteiger partial charge is 0.369 e. The second kappa shape index (κ2) is 8.17. The van der Waals surface area contributed by atoms with Gasteiger partial charge in [-0.25, -0.2) is 15.0 Å². The molecular weight excluding hydrogens is 484 g/mol. The Labute approximate surface area is 190 Å². The lowest BCUT2D eigenvalue weighted by molar-refractivity contribution is -0.119. The fourth-order valence-corrected chi connectivity index (χ4v) is 5.09. The predicted octanol–water partition coefficient (Wildman–Crippen LogP) is 1.53. The van der Waals surface area contributed by atoms with E-state index in [0.717, 1.165) is 54.1 Å². The SMILES string of the molecule is NC(=O)C1CC1c1nc2c(N3CCN(CC(=O)Nc4nccs4)CC3)c(Br)cnc2[nH]1. The smallest absolute Gasteiger partial charge is 0.240 e. The van der Waals surface area contributed by atoms with Crippen molar-refractivity contribution in [3.8, 4) is 0 Å². The molecule has 10 nitrogen and oxygen atoms in total. The van der Waals surface area contributed by atoms with Gasteiger partial charge in [0.05, 0.1) is 16.7 Å². The molecule has 0 aromatic carbocycles. The van der Waals surface area contributed by atoms with Crippen LogP contribution in [0, 0.1) is 5.92 Å². The van der Waals surface area contributed by atoms with Crippen molar-refractivity contribution in [1.82, 2.24) is 24.8 Å². The molecule has 0 spiro atoms. The van der Waals surface area contributed by atoms with E-state index in [-0.39, 0.29) is 23.7 Å². The van der Waals surface area contributed by atoms with Crippen LogP contribution < -0.4 is 16.0 Å². The number of pyridine rings is 1. The van der Waals surface area contributed by atoms with Gasteiger partial charge in [0.25, 0.3) is 0 Å². The number of fused-ring (bicyclic) bond motifs is 1. The predicted molar refractivity (Wildman–Crippen MR) is 121 cm³/mol. The minimum absolute atomic E-state index is 0.0477. The molecule has 3 aromatic rings. The van der Waals surface area contributed by atoms with E-state index in [1.54, 1.807) is 12.4 Å². The van der Waals surface area contributed by atoms with Gasteiger partial charge in [-0.2, -0.15) is 0 Å². The molecule has 4 heterocycles. The van der Waals surface area contributed by atoms with Crippen molar-refractivity contribution < 1.29 is 9.59 Å². The van der Waals surface area contributed by atoms with Crippen LogP contribution in [0.2, 0.25) is 0 Å². The van der Waals surface area contributed by atoms with Gasteiger partial charge in [-0.3, -0.25) is 14.5 Å². The molecule has 2 atom stereocenters. The van der Waals surface area contributed by atoms with Crippen LogP contribution in [0.3, 0.4) is 0 Å². The van der Waals surface area contributed by atoms with E-state index < -0.39 is 0 Å². The Bertz CT molecular complexity index is 1130. The van der Waals surface area contributed by atoms with E-state index in [0.29, 0.717) is 17.3 Å². The number of aromatic nitrogens is 4. The minimum atomic E-state index is -0.283. The van der Waals surface area contributed by atoms with Crippen LogP contribution >= 0.6 is 27.3 Å². The molecule has 162 valence electrons. The number of primary amides is 1. The molecule has 1 aliphatic heterocycles. The number of aromatic amines is 1. The molecule has 3 aromatic heterocycles. The third-order valence-electron chi connectivity index (χ3n) is 5.70. The molecular formula is C19H21BrN8O2S. The number of rotatable bonds is 6. The highest BCUT2D eigenvalue weighted by molar-refractivity contribution is 9.10. The lowest BCUT2D eigenvalue weighted by Crippen LogP contribution is -2.48. The molecule has 0 radical (unpaired) electrons. The summed E-state index contributed by atoms with van der Waals surface area (Å²) in [5.41, 5.74) is 7.90. The third kappa shape index (κ3) is 4.14. The molecule has 2 aliphatic rings. The summed E-state index contributed by atoms with van der Waals surface area (Å²) in [7, 11) is 0. The molecule has 1 saturated carbocycles. The average Bonchev–Trinajstić information content (AvgIpc) is 3.18. The first-order valence-electron chi connectivity index (χ1n) is 9.99. The highest BCUT2D eigenvalue weighted by atomic mass is 79.9. The zero-order valence-corrected chi connectivity index (χ0v) is 18.9. The van der Waals surface area contributed by atoms with Crippen LogP contribution in [0.4, 0.5) is 10.8 Å². The van der Waals surface area contributed by atoms with Crippen LogP contribution in [0.5, 0.6) is 0 Å². The van der Waals surface area contributed by atoms with Gasteiger partial charge >= 0.3 is 0 Å². The summed E-state index contributed by atoms with van der Waals surface area (Å²) in [4.78, 5) is 44.6. The van der Waals surface area contributed by atoms with Crippen molar-refractivity contribution >= 4 is 61.1 Å². The summed E-state index contributed by atoms with van der Waals surface area (Å²) in [6.45, 7) is 3.37. The second-order valence-corrected chi connectivity index (χ2v) is 9.52. The van der Waals surface area contributed by atoms with Gasteiger partial charge in [0.2, 0.25) is 11.8 Å². The first-order valence-corrected chi connectivity index (χ1v) is 11.7. The fourth-order valence-electron chi connectivity index (χ4n) is 4.00. The van der Waals surface area contributed by atoms with Gasteiger partial charge in [-0.15, -0.1) is 11.3 Å².